The van der Waals surface area contributed by atoms with Gasteiger partial charge in [-0.1, -0.05) is 49.8 Å². The summed E-state index contributed by atoms with van der Waals surface area (Å²) in [5.41, 5.74) is 3.64. The SMILES string of the molecule is C=C1C2(C)C=CCC3CC(C)=CC13CCC(C)C2. The van der Waals surface area contributed by atoms with Gasteiger partial charge in [0.1, 0.15) is 0 Å². The summed E-state index contributed by atoms with van der Waals surface area (Å²) in [5.74, 6) is 1.61. The standard InChI is InChI=1S/C18H26/c1-13-7-9-18-12-14(2)10-16(18)6-5-8-17(4,11-13)15(18)3/h5,8,12-13,16H,3,6-7,9-11H2,1-2,4H3. The van der Waals surface area contributed by atoms with E-state index in [1.54, 1.807) is 5.57 Å². The van der Waals surface area contributed by atoms with Crippen molar-refractivity contribution in [1.82, 2.24) is 0 Å². The molecule has 0 heteroatoms. The van der Waals surface area contributed by atoms with Crippen molar-refractivity contribution >= 4 is 0 Å². The van der Waals surface area contributed by atoms with E-state index in [0.717, 1.165) is 11.8 Å². The van der Waals surface area contributed by atoms with Crippen molar-refractivity contribution in [3.63, 3.8) is 0 Å². The molecule has 0 heterocycles. The van der Waals surface area contributed by atoms with Crippen molar-refractivity contribution in [2.45, 2.75) is 52.9 Å². The van der Waals surface area contributed by atoms with Gasteiger partial charge in [0.15, 0.2) is 0 Å². The Balaban J connectivity index is 2.13. The zero-order valence-electron chi connectivity index (χ0n) is 12.1. The normalized spacial score (nSPS) is 47.3. The molecule has 1 saturated carbocycles. The van der Waals surface area contributed by atoms with Gasteiger partial charge < -0.3 is 0 Å². The molecule has 3 rings (SSSR count). The van der Waals surface area contributed by atoms with Crippen LogP contribution in [0.1, 0.15) is 52.9 Å². The van der Waals surface area contributed by atoms with Gasteiger partial charge in [-0.25, -0.2) is 0 Å². The minimum atomic E-state index is 0.228. The molecule has 0 radical (unpaired) electrons. The largest absolute Gasteiger partial charge is 0.0981 e. The summed E-state index contributed by atoms with van der Waals surface area (Å²) in [6.07, 6.45) is 14.0. The lowest BCUT2D eigenvalue weighted by Crippen LogP contribution is -2.31. The number of hydrogen-bond donors (Lipinski definition) is 0. The summed E-state index contributed by atoms with van der Waals surface area (Å²) in [4.78, 5) is 0. The Morgan fingerprint density at radius 3 is 2.94 bits per heavy atom. The average Bonchev–Trinajstić information content (AvgIpc) is 2.54. The predicted octanol–water partition coefficient (Wildman–Crippen LogP) is 5.28. The van der Waals surface area contributed by atoms with Crippen molar-refractivity contribution in [2.24, 2.45) is 22.7 Å². The van der Waals surface area contributed by atoms with Crippen molar-refractivity contribution < 1.29 is 0 Å². The van der Waals surface area contributed by atoms with Gasteiger partial charge >= 0.3 is 0 Å². The lowest BCUT2D eigenvalue weighted by atomic mass is 9.63. The molecule has 98 valence electrons. The van der Waals surface area contributed by atoms with Gasteiger partial charge in [0.25, 0.3) is 0 Å². The second kappa shape index (κ2) is 3.85. The van der Waals surface area contributed by atoms with Crippen LogP contribution < -0.4 is 0 Å². The van der Waals surface area contributed by atoms with Crippen LogP contribution >= 0.6 is 0 Å². The highest BCUT2D eigenvalue weighted by atomic mass is 14.5. The van der Waals surface area contributed by atoms with Gasteiger partial charge in [0.2, 0.25) is 0 Å². The molecule has 0 amide bonds. The van der Waals surface area contributed by atoms with Crippen LogP contribution in [0.2, 0.25) is 0 Å². The molecule has 0 saturated heterocycles. The first-order valence-corrected chi connectivity index (χ1v) is 7.52. The minimum absolute atomic E-state index is 0.228. The fourth-order valence-electron chi connectivity index (χ4n) is 4.87. The summed E-state index contributed by atoms with van der Waals surface area (Å²) in [7, 11) is 0. The van der Waals surface area contributed by atoms with Crippen LogP contribution in [0.25, 0.3) is 0 Å². The highest BCUT2D eigenvalue weighted by molar-refractivity contribution is 5.39. The van der Waals surface area contributed by atoms with Crippen LogP contribution in [0.3, 0.4) is 0 Å². The van der Waals surface area contributed by atoms with Crippen molar-refractivity contribution in [3.05, 3.63) is 36.0 Å². The van der Waals surface area contributed by atoms with Crippen LogP contribution in [0.5, 0.6) is 0 Å². The second-order valence-corrected chi connectivity index (χ2v) is 7.31. The van der Waals surface area contributed by atoms with Gasteiger partial charge in [-0.05, 0) is 50.9 Å². The van der Waals surface area contributed by atoms with Crippen LogP contribution in [-0.4, -0.2) is 0 Å². The summed E-state index contributed by atoms with van der Waals surface area (Å²) >= 11 is 0. The topological polar surface area (TPSA) is 0 Å². The molecule has 0 aromatic carbocycles. The molecule has 0 aromatic rings. The highest BCUT2D eigenvalue weighted by Gasteiger charge is 2.50. The van der Waals surface area contributed by atoms with E-state index in [1.807, 2.05) is 0 Å². The fraction of sp³-hybridized carbons (Fsp3) is 0.667. The molecule has 2 bridgehead atoms. The first-order chi connectivity index (χ1) is 8.46. The van der Waals surface area contributed by atoms with Crippen molar-refractivity contribution in [2.75, 3.05) is 0 Å². The Hall–Kier alpha value is -0.780. The fourth-order valence-corrected chi connectivity index (χ4v) is 4.87. The molecular weight excluding hydrogens is 216 g/mol. The molecule has 18 heavy (non-hydrogen) atoms. The summed E-state index contributed by atoms with van der Waals surface area (Å²) < 4.78 is 0. The Labute approximate surface area is 112 Å². The molecule has 0 aromatic heterocycles. The average molecular weight is 242 g/mol. The van der Waals surface area contributed by atoms with Gasteiger partial charge in [-0.15, -0.1) is 0 Å². The molecule has 0 aliphatic heterocycles. The molecule has 0 nitrogen and oxygen atoms in total. The smallest absolute Gasteiger partial charge is 0.0133 e. The Morgan fingerprint density at radius 2 is 2.17 bits per heavy atom. The lowest BCUT2D eigenvalue weighted by Gasteiger charge is -2.40. The molecule has 1 spiro atoms. The number of rotatable bonds is 0. The van der Waals surface area contributed by atoms with E-state index >= 15 is 0 Å². The molecule has 3 aliphatic carbocycles. The first-order valence-electron chi connectivity index (χ1n) is 7.52. The van der Waals surface area contributed by atoms with E-state index in [0.29, 0.717) is 5.41 Å². The number of allylic oxidation sites excluding steroid dienone is 5. The molecule has 4 unspecified atom stereocenters. The van der Waals surface area contributed by atoms with E-state index in [4.69, 9.17) is 0 Å². The number of fused-ring (bicyclic) bond motifs is 1. The van der Waals surface area contributed by atoms with Gasteiger partial charge in [0, 0.05) is 10.8 Å². The van der Waals surface area contributed by atoms with E-state index in [2.05, 4.69) is 45.6 Å². The summed E-state index contributed by atoms with van der Waals surface area (Å²) in [6, 6.07) is 0. The third-order valence-electron chi connectivity index (χ3n) is 5.78. The Bertz CT molecular complexity index is 439. The molecular formula is C18H26. The van der Waals surface area contributed by atoms with Crippen molar-refractivity contribution in [3.8, 4) is 0 Å². The maximum atomic E-state index is 4.60. The van der Waals surface area contributed by atoms with Crippen molar-refractivity contribution in [1.29, 1.82) is 0 Å². The Morgan fingerprint density at radius 1 is 1.39 bits per heavy atom. The monoisotopic (exact) mass is 242 g/mol. The molecule has 4 atom stereocenters. The van der Waals surface area contributed by atoms with E-state index in [-0.39, 0.29) is 5.41 Å². The van der Waals surface area contributed by atoms with Crippen LogP contribution in [0.4, 0.5) is 0 Å². The maximum absolute atomic E-state index is 4.60. The van der Waals surface area contributed by atoms with E-state index < -0.39 is 0 Å². The summed E-state index contributed by atoms with van der Waals surface area (Å²) in [6.45, 7) is 11.7. The lowest BCUT2D eigenvalue weighted by molar-refractivity contribution is 0.264. The van der Waals surface area contributed by atoms with Crippen LogP contribution in [0.15, 0.2) is 36.0 Å². The summed E-state index contributed by atoms with van der Waals surface area (Å²) in [5, 5.41) is 0. The molecule has 1 fully saturated rings. The van der Waals surface area contributed by atoms with Crippen LogP contribution in [-0.2, 0) is 0 Å². The van der Waals surface area contributed by atoms with Gasteiger partial charge in [0.05, 0.1) is 0 Å². The van der Waals surface area contributed by atoms with Gasteiger partial charge in [-0.3, -0.25) is 0 Å². The maximum Gasteiger partial charge on any atom is 0.0133 e. The van der Waals surface area contributed by atoms with E-state index in [1.165, 1.54) is 37.7 Å². The second-order valence-electron chi connectivity index (χ2n) is 7.31. The number of hydrogen-bond acceptors (Lipinski definition) is 0. The zero-order chi connectivity index (χ0) is 13.0. The van der Waals surface area contributed by atoms with Crippen LogP contribution in [0, 0.1) is 22.7 Å². The molecule has 0 N–H and O–H groups in total. The minimum Gasteiger partial charge on any atom is -0.0981 e. The first kappa shape index (κ1) is 12.3. The molecule has 3 aliphatic rings. The highest BCUT2D eigenvalue weighted by Crippen LogP contribution is 2.61. The third-order valence-corrected chi connectivity index (χ3v) is 5.78. The third kappa shape index (κ3) is 1.57. The quantitative estimate of drug-likeness (QED) is 0.507. The Kier molecular flexibility index (Phi) is 2.63. The predicted molar refractivity (Wildman–Crippen MR) is 78.3 cm³/mol. The zero-order valence-corrected chi connectivity index (χ0v) is 12.1. The van der Waals surface area contributed by atoms with Gasteiger partial charge in [-0.2, -0.15) is 0 Å². The van der Waals surface area contributed by atoms with E-state index in [9.17, 15) is 0 Å².